The van der Waals surface area contributed by atoms with Gasteiger partial charge in [-0.15, -0.1) is 0 Å². The van der Waals surface area contributed by atoms with Crippen molar-refractivity contribution in [1.29, 1.82) is 0 Å². The van der Waals surface area contributed by atoms with E-state index in [2.05, 4.69) is 39.3 Å². The Morgan fingerprint density at radius 3 is 2.50 bits per heavy atom. The van der Waals surface area contributed by atoms with E-state index < -0.39 is 0 Å². The Morgan fingerprint density at radius 1 is 1.14 bits per heavy atom. The van der Waals surface area contributed by atoms with E-state index in [4.69, 9.17) is 4.98 Å². The number of nitrogens with one attached hydrogen (secondary N) is 1. The number of benzene rings is 1. The third-order valence-electron chi connectivity index (χ3n) is 5.75. The average molecular weight is 380 g/mol. The van der Waals surface area contributed by atoms with E-state index in [1.807, 2.05) is 24.4 Å². The molecule has 1 aromatic heterocycles. The van der Waals surface area contributed by atoms with Crippen molar-refractivity contribution in [3.8, 4) is 0 Å². The molecule has 6 nitrogen and oxygen atoms in total. The summed E-state index contributed by atoms with van der Waals surface area (Å²) >= 11 is 0. The molecule has 1 N–H and O–H groups in total. The van der Waals surface area contributed by atoms with Crippen molar-refractivity contribution in [3.05, 3.63) is 47.9 Å². The Labute approximate surface area is 167 Å². The standard InChI is InChI=1S/C22H29N5O/c1-16(28)24-19-7-3-17(4-8-19)15-27-13-10-20(11-14-27)26(2)21-9-12-23-22(25-21)18-5-6-18/h3-4,7-9,12,18,20H,5-6,10-11,13-15H2,1-2H3,(H,24,28). The van der Waals surface area contributed by atoms with Crippen LogP contribution in [0.1, 0.15) is 49.9 Å². The Bertz CT molecular complexity index is 810. The van der Waals surface area contributed by atoms with Gasteiger partial charge in [-0.25, -0.2) is 9.97 Å². The Morgan fingerprint density at radius 2 is 1.86 bits per heavy atom. The number of aromatic nitrogens is 2. The van der Waals surface area contributed by atoms with Crippen LogP contribution in [-0.2, 0) is 11.3 Å². The molecule has 2 aliphatic rings. The van der Waals surface area contributed by atoms with Gasteiger partial charge < -0.3 is 10.2 Å². The molecule has 28 heavy (non-hydrogen) atoms. The second-order valence-corrected chi connectivity index (χ2v) is 8.04. The second-order valence-electron chi connectivity index (χ2n) is 8.04. The second kappa shape index (κ2) is 8.27. The molecule has 2 heterocycles. The monoisotopic (exact) mass is 379 g/mol. The highest BCUT2D eigenvalue weighted by molar-refractivity contribution is 5.88. The smallest absolute Gasteiger partial charge is 0.221 e. The lowest BCUT2D eigenvalue weighted by Gasteiger charge is -2.37. The molecule has 1 saturated carbocycles. The van der Waals surface area contributed by atoms with Gasteiger partial charge in [0, 0.05) is 57.4 Å². The van der Waals surface area contributed by atoms with Crippen LogP contribution in [0, 0.1) is 0 Å². The minimum atomic E-state index is -0.0353. The number of nitrogens with zero attached hydrogens (tertiary/aromatic N) is 4. The van der Waals surface area contributed by atoms with Gasteiger partial charge >= 0.3 is 0 Å². The lowest BCUT2D eigenvalue weighted by atomic mass is 10.0. The molecule has 1 aromatic carbocycles. The van der Waals surface area contributed by atoms with E-state index >= 15 is 0 Å². The summed E-state index contributed by atoms with van der Waals surface area (Å²) in [7, 11) is 2.17. The normalized spacial score (nSPS) is 18.1. The summed E-state index contributed by atoms with van der Waals surface area (Å²) in [6, 6.07) is 10.7. The maximum Gasteiger partial charge on any atom is 0.221 e. The maximum atomic E-state index is 11.1. The van der Waals surface area contributed by atoms with Crippen molar-refractivity contribution < 1.29 is 4.79 Å². The third-order valence-corrected chi connectivity index (χ3v) is 5.75. The number of rotatable bonds is 6. The van der Waals surface area contributed by atoms with Crippen LogP contribution in [-0.4, -0.2) is 47.0 Å². The quantitative estimate of drug-likeness (QED) is 0.833. The van der Waals surface area contributed by atoms with Crippen molar-refractivity contribution in [2.45, 2.75) is 51.1 Å². The lowest BCUT2D eigenvalue weighted by molar-refractivity contribution is -0.114. The van der Waals surface area contributed by atoms with E-state index in [0.717, 1.165) is 49.8 Å². The minimum absolute atomic E-state index is 0.0353. The number of hydrogen-bond acceptors (Lipinski definition) is 5. The molecule has 148 valence electrons. The van der Waals surface area contributed by atoms with Crippen LogP contribution in [0.15, 0.2) is 36.5 Å². The lowest BCUT2D eigenvalue weighted by Crippen LogP contribution is -2.43. The predicted molar refractivity (Wildman–Crippen MR) is 111 cm³/mol. The predicted octanol–water partition coefficient (Wildman–Crippen LogP) is 3.41. The van der Waals surface area contributed by atoms with Crippen molar-refractivity contribution in [3.63, 3.8) is 0 Å². The Hall–Kier alpha value is -2.47. The summed E-state index contributed by atoms with van der Waals surface area (Å²) in [4.78, 5) is 25.2. The first kappa shape index (κ1) is 18.9. The summed E-state index contributed by atoms with van der Waals surface area (Å²) < 4.78 is 0. The zero-order valence-corrected chi connectivity index (χ0v) is 16.8. The molecule has 1 aliphatic heterocycles. The summed E-state index contributed by atoms with van der Waals surface area (Å²) in [5.41, 5.74) is 2.14. The van der Waals surface area contributed by atoms with Crippen LogP contribution in [0.2, 0.25) is 0 Å². The van der Waals surface area contributed by atoms with Gasteiger partial charge in [0.05, 0.1) is 0 Å². The molecule has 0 spiro atoms. The van der Waals surface area contributed by atoms with Crippen LogP contribution in [0.3, 0.4) is 0 Å². The van der Waals surface area contributed by atoms with Gasteiger partial charge in [0.15, 0.2) is 0 Å². The van der Waals surface area contributed by atoms with E-state index in [9.17, 15) is 4.79 Å². The number of hydrogen-bond donors (Lipinski definition) is 1. The van der Waals surface area contributed by atoms with Crippen LogP contribution in [0.4, 0.5) is 11.5 Å². The van der Waals surface area contributed by atoms with E-state index in [-0.39, 0.29) is 5.91 Å². The molecule has 0 unspecified atom stereocenters. The first-order chi connectivity index (χ1) is 13.6. The van der Waals surface area contributed by atoms with Crippen LogP contribution < -0.4 is 10.2 Å². The fourth-order valence-electron chi connectivity index (χ4n) is 3.91. The van der Waals surface area contributed by atoms with E-state index in [1.165, 1.54) is 25.3 Å². The van der Waals surface area contributed by atoms with Crippen LogP contribution in [0.5, 0.6) is 0 Å². The van der Waals surface area contributed by atoms with Gasteiger partial charge in [0.2, 0.25) is 5.91 Å². The van der Waals surface area contributed by atoms with Crippen molar-refractivity contribution >= 4 is 17.4 Å². The summed E-state index contributed by atoms with van der Waals surface area (Å²) in [6.45, 7) is 4.66. The number of carbonyl (C=O) groups is 1. The van der Waals surface area contributed by atoms with Gasteiger partial charge in [-0.05, 0) is 49.4 Å². The highest BCUT2D eigenvalue weighted by Gasteiger charge is 2.28. The molecular formula is C22H29N5O. The molecule has 1 amide bonds. The fourth-order valence-corrected chi connectivity index (χ4v) is 3.91. The first-order valence-corrected chi connectivity index (χ1v) is 10.2. The number of amides is 1. The molecule has 4 rings (SSSR count). The molecule has 2 aromatic rings. The van der Waals surface area contributed by atoms with Crippen LogP contribution >= 0.6 is 0 Å². The van der Waals surface area contributed by atoms with Gasteiger partial charge in [-0.3, -0.25) is 9.69 Å². The number of anilines is 2. The largest absolute Gasteiger partial charge is 0.356 e. The Balaban J connectivity index is 1.29. The van der Waals surface area contributed by atoms with E-state index in [0.29, 0.717) is 12.0 Å². The van der Waals surface area contributed by atoms with Gasteiger partial charge in [0.1, 0.15) is 11.6 Å². The topological polar surface area (TPSA) is 61.4 Å². The third kappa shape index (κ3) is 4.68. The van der Waals surface area contributed by atoms with Crippen molar-refractivity contribution in [1.82, 2.24) is 14.9 Å². The van der Waals surface area contributed by atoms with E-state index in [1.54, 1.807) is 0 Å². The summed E-state index contributed by atoms with van der Waals surface area (Å²) in [5, 5.41) is 2.82. The molecule has 0 radical (unpaired) electrons. The molecule has 1 saturated heterocycles. The number of likely N-dealkylation sites (tertiary alicyclic amines) is 1. The van der Waals surface area contributed by atoms with Gasteiger partial charge in [-0.1, -0.05) is 12.1 Å². The van der Waals surface area contributed by atoms with Crippen molar-refractivity contribution in [2.24, 2.45) is 0 Å². The first-order valence-electron chi connectivity index (χ1n) is 10.2. The summed E-state index contributed by atoms with van der Waals surface area (Å²) in [6.07, 6.45) is 6.66. The fraction of sp³-hybridized carbons (Fsp3) is 0.500. The maximum absolute atomic E-state index is 11.1. The Kier molecular flexibility index (Phi) is 5.57. The highest BCUT2D eigenvalue weighted by atomic mass is 16.1. The molecule has 1 aliphatic carbocycles. The minimum Gasteiger partial charge on any atom is -0.356 e. The average Bonchev–Trinajstić information content (AvgIpc) is 3.55. The molecule has 6 heteroatoms. The summed E-state index contributed by atoms with van der Waals surface area (Å²) in [5.74, 6) is 2.63. The van der Waals surface area contributed by atoms with Crippen LogP contribution in [0.25, 0.3) is 0 Å². The number of piperidine rings is 1. The van der Waals surface area contributed by atoms with Gasteiger partial charge in [0.25, 0.3) is 0 Å². The SMILES string of the molecule is CC(=O)Nc1ccc(CN2CCC(N(C)c3ccnc(C4CC4)n3)CC2)cc1. The molecular weight excluding hydrogens is 350 g/mol. The number of carbonyl (C=O) groups excluding carboxylic acids is 1. The molecule has 0 bridgehead atoms. The van der Waals surface area contributed by atoms with Crippen molar-refractivity contribution in [2.75, 3.05) is 30.4 Å². The zero-order valence-electron chi connectivity index (χ0n) is 16.8. The van der Waals surface area contributed by atoms with Gasteiger partial charge in [-0.2, -0.15) is 0 Å². The zero-order chi connectivity index (χ0) is 19.5. The highest BCUT2D eigenvalue weighted by Crippen LogP contribution is 2.38. The molecule has 2 fully saturated rings. The molecule has 0 atom stereocenters.